The number of H-pyrrole nitrogens is 1. The van der Waals surface area contributed by atoms with Crippen LogP contribution in [-0.4, -0.2) is 57.4 Å². The van der Waals surface area contributed by atoms with Crippen LogP contribution >= 0.6 is 11.8 Å². The number of carbonyl (C=O) groups is 1. The molecular weight excluding hydrogens is 286 g/mol. The van der Waals surface area contributed by atoms with Gasteiger partial charge in [0.05, 0.1) is 5.75 Å². The molecule has 0 unspecified atom stereocenters. The number of aromatic nitrogens is 3. The Morgan fingerprint density at radius 3 is 2.81 bits per heavy atom. The van der Waals surface area contributed by atoms with Crippen LogP contribution in [0.2, 0.25) is 0 Å². The zero-order valence-corrected chi connectivity index (χ0v) is 13.3. The van der Waals surface area contributed by atoms with Crippen LogP contribution in [0.4, 0.5) is 0 Å². The van der Waals surface area contributed by atoms with Crippen molar-refractivity contribution < 1.29 is 4.79 Å². The lowest BCUT2D eigenvalue weighted by Gasteiger charge is -2.31. The van der Waals surface area contributed by atoms with Crippen molar-refractivity contribution in [2.45, 2.75) is 49.7 Å². The highest BCUT2D eigenvalue weighted by Gasteiger charge is 2.27. The minimum absolute atomic E-state index is 0.0905. The zero-order chi connectivity index (χ0) is 14.7. The summed E-state index contributed by atoms with van der Waals surface area (Å²) in [6.45, 7) is 5.45. The number of piperidine rings is 1. The third-order valence-corrected chi connectivity index (χ3v) is 5.03. The molecule has 1 aliphatic heterocycles. The summed E-state index contributed by atoms with van der Waals surface area (Å²) in [5, 5.41) is 10.9. The number of carbonyl (C=O) groups excluding carboxylic acids is 1. The molecule has 21 heavy (non-hydrogen) atoms. The van der Waals surface area contributed by atoms with Gasteiger partial charge in [-0.3, -0.25) is 9.89 Å². The lowest BCUT2D eigenvalue weighted by molar-refractivity contribution is -0.119. The van der Waals surface area contributed by atoms with Gasteiger partial charge in [-0.15, -0.1) is 5.10 Å². The van der Waals surface area contributed by atoms with E-state index in [0.717, 1.165) is 38.3 Å². The van der Waals surface area contributed by atoms with Crippen molar-refractivity contribution in [2.75, 3.05) is 25.4 Å². The highest BCUT2D eigenvalue weighted by molar-refractivity contribution is 7.99. The first-order chi connectivity index (χ1) is 10.2. The normalized spacial score (nSPS) is 20.6. The number of amides is 1. The highest BCUT2D eigenvalue weighted by atomic mass is 32.2. The number of nitrogens with one attached hydrogen (secondary N) is 2. The predicted octanol–water partition coefficient (Wildman–Crippen LogP) is 1.37. The lowest BCUT2D eigenvalue weighted by Crippen LogP contribution is -2.45. The third-order valence-electron chi connectivity index (χ3n) is 4.18. The van der Waals surface area contributed by atoms with Gasteiger partial charge in [-0.1, -0.05) is 18.7 Å². The Morgan fingerprint density at radius 1 is 1.38 bits per heavy atom. The van der Waals surface area contributed by atoms with Crippen LogP contribution in [0.5, 0.6) is 0 Å². The van der Waals surface area contributed by atoms with E-state index in [1.54, 1.807) is 0 Å². The fourth-order valence-electron chi connectivity index (χ4n) is 2.65. The van der Waals surface area contributed by atoms with Crippen molar-refractivity contribution in [2.24, 2.45) is 0 Å². The summed E-state index contributed by atoms with van der Waals surface area (Å²) >= 11 is 1.41. The fraction of sp³-hybridized carbons (Fsp3) is 0.786. The summed E-state index contributed by atoms with van der Waals surface area (Å²) in [5.41, 5.74) is 0. The monoisotopic (exact) mass is 309 g/mol. The van der Waals surface area contributed by atoms with Crippen LogP contribution in [0.15, 0.2) is 5.16 Å². The quantitative estimate of drug-likeness (QED) is 0.777. The molecule has 1 saturated carbocycles. The maximum atomic E-state index is 12.0. The van der Waals surface area contributed by atoms with Gasteiger partial charge in [0.25, 0.3) is 0 Å². The smallest absolute Gasteiger partial charge is 0.230 e. The molecule has 2 aliphatic rings. The number of aromatic amines is 1. The van der Waals surface area contributed by atoms with Gasteiger partial charge in [-0.2, -0.15) is 0 Å². The molecule has 2 heterocycles. The Morgan fingerprint density at radius 2 is 2.14 bits per heavy atom. The topological polar surface area (TPSA) is 73.9 Å². The molecule has 116 valence electrons. The van der Waals surface area contributed by atoms with E-state index < -0.39 is 0 Å². The van der Waals surface area contributed by atoms with Crippen LogP contribution in [-0.2, 0) is 4.79 Å². The Kier molecular flexibility index (Phi) is 4.80. The van der Waals surface area contributed by atoms with Crippen molar-refractivity contribution >= 4 is 17.7 Å². The van der Waals surface area contributed by atoms with E-state index in [1.807, 2.05) is 0 Å². The van der Waals surface area contributed by atoms with Crippen molar-refractivity contribution in [3.63, 3.8) is 0 Å². The third kappa shape index (κ3) is 4.20. The molecule has 0 radical (unpaired) electrons. The van der Waals surface area contributed by atoms with Crippen LogP contribution in [0.3, 0.4) is 0 Å². The first-order valence-electron chi connectivity index (χ1n) is 7.81. The first-order valence-corrected chi connectivity index (χ1v) is 8.80. The second-order valence-electron chi connectivity index (χ2n) is 5.84. The van der Waals surface area contributed by atoms with Crippen molar-refractivity contribution in [3.05, 3.63) is 5.82 Å². The Hall–Kier alpha value is -1.08. The number of nitrogens with zero attached hydrogens (tertiary/aromatic N) is 3. The summed E-state index contributed by atoms with van der Waals surface area (Å²) < 4.78 is 0. The molecule has 2 fully saturated rings. The lowest BCUT2D eigenvalue weighted by atomic mass is 10.1. The molecule has 1 aromatic rings. The van der Waals surface area contributed by atoms with Crippen molar-refractivity contribution in [1.29, 1.82) is 0 Å². The zero-order valence-electron chi connectivity index (χ0n) is 12.5. The number of hydrogen-bond donors (Lipinski definition) is 2. The van der Waals surface area contributed by atoms with Gasteiger partial charge in [0.15, 0.2) is 0 Å². The van der Waals surface area contributed by atoms with E-state index >= 15 is 0 Å². The molecule has 1 saturated heterocycles. The minimum atomic E-state index is 0.0905. The Bertz CT molecular complexity index is 479. The average molecular weight is 309 g/mol. The van der Waals surface area contributed by atoms with Crippen LogP contribution in [0.1, 0.15) is 44.3 Å². The van der Waals surface area contributed by atoms with Gasteiger partial charge in [0, 0.05) is 25.0 Å². The molecule has 1 aromatic heterocycles. The van der Waals surface area contributed by atoms with Crippen LogP contribution in [0, 0.1) is 0 Å². The van der Waals surface area contributed by atoms with E-state index in [9.17, 15) is 4.79 Å². The first kappa shape index (κ1) is 14.8. The molecule has 2 N–H and O–H groups in total. The van der Waals surface area contributed by atoms with Gasteiger partial charge < -0.3 is 10.2 Å². The van der Waals surface area contributed by atoms with Gasteiger partial charge in [0.1, 0.15) is 5.82 Å². The number of likely N-dealkylation sites (tertiary alicyclic amines) is 1. The molecule has 6 nitrogen and oxygen atoms in total. The second kappa shape index (κ2) is 6.79. The molecule has 7 heteroatoms. The van der Waals surface area contributed by atoms with Crippen molar-refractivity contribution in [3.8, 4) is 0 Å². The van der Waals surface area contributed by atoms with Gasteiger partial charge in [-0.05, 0) is 32.2 Å². The van der Waals surface area contributed by atoms with E-state index in [0.29, 0.717) is 22.9 Å². The number of thioether (sulfide) groups is 1. The van der Waals surface area contributed by atoms with Gasteiger partial charge in [-0.25, -0.2) is 4.98 Å². The Balaban J connectivity index is 1.37. The van der Waals surface area contributed by atoms with E-state index in [1.165, 1.54) is 24.6 Å². The summed E-state index contributed by atoms with van der Waals surface area (Å²) in [4.78, 5) is 18.8. The maximum Gasteiger partial charge on any atom is 0.230 e. The minimum Gasteiger partial charge on any atom is -0.353 e. The molecule has 0 aromatic carbocycles. The van der Waals surface area contributed by atoms with E-state index in [4.69, 9.17) is 0 Å². The SMILES string of the molecule is CCN1CCC(NC(=O)CSc2n[nH]c(C3CC3)n2)CC1. The molecule has 0 bridgehead atoms. The summed E-state index contributed by atoms with van der Waals surface area (Å²) in [6.07, 6.45) is 4.51. The van der Waals surface area contributed by atoms with E-state index in [-0.39, 0.29) is 5.91 Å². The van der Waals surface area contributed by atoms with E-state index in [2.05, 4.69) is 32.3 Å². The Labute approximate surface area is 129 Å². The standard InChI is InChI=1S/C14H23N5OS/c1-2-19-7-5-11(6-8-19)15-12(20)9-21-14-16-13(17-18-14)10-3-4-10/h10-11H,2-9H2,1H3,(H,15,20)(H,16,17,18). The summed E-state index contributed by atoms with van der Waals surface area (Å²) in [6, 6.07) is 0.329. The van der Waals surface area contributed by atoms with Crippen LogP contribution < -0.4 is 5.32 Å². The molecule has 1 amide bonds. The highest BCUT2D eigenvalue weighted by Crippen LogP contribution is 2.38. The number of hydrogen-bond acceptors (Lipinski definition) is 5. The van der Waals surface area contributed by atoms with Crippen molar-refractivity contribution in [1.82, 2.24) is 25.4 Å². The van der Waals surface area contributed by atoms with Crippen LogP contribution in [0.25, 0.3) is 0 Å². The summed E-state index contributed by atoms with van der Waals surface area (Å²) in [5.74, 6) is 2.04. The molecule has 3 rings (SSSR count). The average Bonchev–Trinajstić information content (AvgIpc) is 3.25. The molecule has 0 atom stereocenters. The summed E-state index contributed by atoms with van der Waals surface area (Å²) in [7, 11) is 0. The molecule has 1 aliphatic carbocycles. The molecular formula is C14H23N5OS. The predicted molar refractivity (Wildman–Crippen MR) is 82.4 cm³/mol. The molecule has 0 spiro atoms. The largest absolute Gasteiger partial charge is 0.353 e. The fourth-order valence-corrected chi connectivity index (χ4v) is 3.27. The number of rotatable bonds is 6. The van der Waals surface area contributed by atoms with Gasteiger partial charge >= 0.3 is 0 Å². The second-order valence-corrected chi connectivity index (χ2v) is 6.78. The van der Waals surface area contributed by atoms with Gasteiger partial charge in [0.2, 0.25) is 11.1 Å². The maximum absolute atomic E-state index is 12.0.